The molecule has 8 heteroatoms. The lowest BCUT2D eigenvalue weighted by atomic mass is 10.1. The van der Waals surface area contributed by atoms with Crippen LogP contribution in [0.5, 0.6) is 11.5 Å². The van der Waals surface area contributed by atoms with Gasteiger partial charge in [-0.15, -0.1) is 0 Å². The third-order valence-corrected chi connectivity index (χ3v) is 5.51. The minimum atomic E-state index is -0.738. The molecule has 8 nitrogen and oxygen atoms in total. The van der Waals surface area contributed by atoms with Crippen LogP contribution >= 0.6 is 0 Å². The highest BCUT2D eigenvalue weighted by atomic mass is 16.5. The summed E-state index contributed by atoms with van der Waals surface area (Å²) in [5.74, 6) is 0.0579. The van der Waals surface area contributed by atoms with E-state index >= 15 is 0 Å². The van der Waals surface area contributed by atoms with Gasteiger partial charge in [-0.05, 0) is 68.3 Å². The number of amides is 3. The van der Waals surface area contributed by atoms with Crippen LogP contribution in [0, 0.1) is 13.8 Å². The van der Waals surface area contributed by atoms with E-state index in [1.807, 2.05) is 50.2 Å². The Bertz CT molecular complexity index is 1260. The van der Waals surface area contributed by atoms with E-state index < -0.39 is 6.10 Å². The van der Waals surface area contributed by atoms with Crippen molar-refractivity contribution in [3.63, 3.8) is 0 Å². The van der Waals surface area contributed by atoms with Crippen LogP contribution in [0.15, 0.2) is 66.7 Å². The van der Waals surface area contributed by atoms with E-state index in [2.05, 4.69) is 10.6 Å². The number of carbonyl (C=O) groups excluding carboxylic acids is 3. The number of anilines is 3. The maximum absolute atomic E-state index is 12.8. The zero-order valence-corrected chi connectivity index (χ0v) is 19.8. The Morgan fingerprint density at radius 3 is 2.46 bits per heavy atom. The molecule has 0 radical (unpaired) electrons. The molecule has 0 saturated carbocycles. The summed E-state index contributed by atoms with van der Waals surface area (Å²) >= 11 is 0. The van der Waals surface area contributed by atoms with Gasteiger partial charge in [0.05, 0.1) is 5.69 Å². The number of carbonyl (C=O) groups is 3. The number of rotatable bonds is 7. The van der Waals surface area contributed by atoms with Crippen LogP contribution in [0.3, 0.4) is 0 Å². The molecule has 3 aromatic rings. The van der Waals surface area contributed by atoms with Crippen LogP contribution in [0.25, 0.3) is 0 Å². The Labute approximate surface area is 203 Å². The van der Waals surface area contributed by atoms with Crippen LogP contribution in [0.1, 0.15) is 18.1 Å². The van der Waals surface area contributed by atoms with E-state index in [4.69, 9.17) is 9.47 Å². The summed E-state index contributed by atoms with van der Waals surface area (Å²) in [7, 11) is 0. The van der Waals surface area contributed by atoms with E-state index in [0.717, 1.165) is 11.1 Å². The van der Waals surface area contributed by atoms with Crippen molar-refractivity contribution in [3.8, 4) is 11.5 Å². The highest BCUT2D eigenvalue weighted by Crippen LogP contribution is 2.36. The second kappa shape index (κ2) is 10.3. The van der Waals surface area contributed by atoms with Crippen molar-refractivity contribution in [1.29, 1.82) is 0 Å². The van der Waals surface area contributed by atoms with E-state index in [1.165, 1.54) is 4.90 Å². The SMILES string of the molecule is Cc1ccc(C)c(OCC(=O)Nc2ccc3c(c2)N(CC(=O)Nc2ccccc2)C(=O)C(C)O3)c1. The summed E-state index contributed by atoms with van der Waals surface area (Å²) in [5, 5.41) is 5.56. The lowest BCUT2D eigenvalue weighted by Gasteiger charge is -2.33. The highest BCUT2D eigenvalue weighted by molar-refractivity contribution is 6.06. The number of nitrogens with one attached hydrogen (secondary N) is 2. The zero-order valence-electron chi connectivity index (χ0n) is 19.8. The first-order valence-electron chi connectivity index (χ1n) is 11.3. The predicted octanol–water partition coefficient (Wildman–Crippen LogP) is 4.07. The first kappa shape index (κ1) is 23.8. The average Bonchev–Trinajstić information content (AvgIpc) is 2.83. The van der Waals surface area contributed by atoms with Crippen molar-refractivity contribution in [2.75, 3.05) is 28.7 Å². The van der Waals surface area contributed by atoms with Crippen LogP contribution in [-0.4, -0.2) is 37.0 Å². The van der Waals surface area contributed by atoms with Gasteiger partial charge in [0, 0.05) is 11.4 Å². The van der Waals surface area contributed by atoms with Gasteiger partial charge >= 0.3 is 0 Å². The molecule has 1 aliphatic rings. The van der Waals surface area contributed by atoms with Gasteiger partial charge in [-0.3, -0.25) is 19.3 Å². The number of hydrogen-bond donors (Lipinski definition) is 2. The van der Waals surface area contributed by atoms with Gasteiger partial charge in [0.1, 0.15) is 18.0 Å². The fourth-order valence-corrected chi connectivity index (χ4v) is 3.72. The molecule has 0 bridgehead atoms. The summed E-state index contributed by atoms with van der Waals surface area (Å²) in [6.07, 6.45) is -0.738. The molecule has 1 unspecified atom stereocenters. The molecule has 2 N–H and O–H groups in total. The Morgan fingerprint density at radius 1 is 0.943 bits per heavy atom. The quantitative estimate of drug-likeness (QED) is 0.539. The monoisotopic (exact) mass is 473 g/mol. The molecule has 1 aliphatic heterocycles. The van der Waals surface area contributed by atoms with Gasteiger partial charge in [-0.2, -0.15) is 0 Å². The standard InChI is InChI=1S/C27H27N3O5/c1-17-9-10-18(2)24(13-17)34-16-26(32)29-21-11-12-23-22(14-21)30(27(33)19(3)35-23)15-25(31)28-20-7-5-4-6-8-20/h4-14,19H,15-16H2,1-3H3,(H,28,31)(H,29,32). The summed E-state index contributed by atoms with van der Waals surface area (Å²) in [6, 6.07) is 19.8. The normalized spacial score (nSPS) is 14.5. The van der Waals surface area contributed by atoms with E-state index in [0.29, 0.717) is 28.6 Å². The molecule has 1 heterocycles. The lowest BCUT2D eigenvalue weighted by Crippen LogP contribution is -2.47. The maximum Gasteiger partial charge on any atom is 0.268 e. The van der Waals surface area contributed by atoms with Crippen molar-refractivity contribution in [2.24, 2.45) is 0 Å². The van der Waals surface area contributed by atoms with Gasteiger partial charge in [0.2, 0.25) is 5.91 Å². The van der Waals surface area contributed by atoms with Crippen LogP contribution in [-0.2, 0) is 14.4 Å². The molecule has 0 aromatic heterocycles. The van der Waals surface area contributed by atoms with Crippen molar-refractivity contribution in [2.45, 2.75) is 26.9 Å². The first-order chi connectivity index (χ1) is 16.8. The second-order valence-corrected chi connectivity index (χ2v) is 8.39. The number of hydrogen-bond acceptors (Lipinski definition) is 5. The number of nitrogens with zero attached hydrogens (tertiary/aromatic N) is 1. The van der Waals surface area contributed by atoms with Gasteiger partial charge < -0.3 is 20.1 Å². The first-order valence-corrected chi connectivity index (χ1v) is 11.3. The summed E-state index contributed by atoms with van der Waals surface area (Å²) in [4.78, 5) is 39.4. The third kappa shape index (κ3) is 5.78. The number of fused-ring (bicyclic) bond motifs is 1. The molecule has 0 saturated heterocycles. The topological polar surface area (TPSA) is 97.0 Å². The molecule has 180 valence electrons. The number of aryl methyl sites for hydroxylation is 2. The molecule has 3 amide bonds. The molecule has 0 aliphatic carbocycles. The van der Waals surface area contributed by atoms with E-state index in [9.17, 15) is 14.4 Å². The summed E-state index contributed by atoms with van der Waals surface area (Å²) in [5.41, 5.74) is 3.47. The molecule has 3 aromatic carbocycles. The number of para-hydroxylation sites is 1. The van der Waals surface area contributed by atoms with Crippen molar-refractivity contribution >= 4 is 34.8 Å². The van der Waals surface area contributed by atoms with Crippen molar-refractivity contribution in [3.05, 3.63) is 77.9 Å². The predicted molar refractivity (Wildman–Crippen MR) is 134 cm³/mol. The molecule has 0 fully saturated rings. The maximum atomic E-state index is 12.8. The highest BCUT2D eigenvalue weighted by Gasteiger charge is 2.33. The van der Waals surface area contributed by atoms with Gasteiger partial charge in [-0.25, -0.2) is 0 Å². The summed E-state index contributed by atoms with van der Waals surface area (Å²) < 4.78 is 11.4. The van der Waals surface area contributed by atoms with Crippen LogP contribution < -0.4 is 25.0 Å². The third-order valence-electron chi connectivity index (χ3n) is 5.51. The Hall–Kier alpha value is -4.33. The fraction of sp³-hybridized carbons (Fsp3) is 0.222. The smallest absolute Gasteiger partial charge is 0.268 e. The van der Waals surface area contributed by atoms with E-state index in [-0.39, 0.29) is 30.9 Å². The number of ether oxygens (including phenoxy) is 2. The Kier molecular flexibility index (Phi) is 7.01. The Morgan fingerprint density at radius 2 is 1.69 bits per heavy atom. The van der Waals surface area contributed by atoms with Crippen LogP contribution in [0.4, 0.5) is 17.1 Å². The number of benzene rings is 3. The van der Waals surface area contributed by atoms with Gasteiger partial charge in [-0.1, -0.05) is 30.3 Å². The lowest BCUT2D eigenvalue weighted by molar-refractivity contribution is -0.127. The minimum absolute atomic E-state index is 0.170. The molecule has 4 rings (SSSR count). The second-order valence-electron chi connectivity index (χ2n) is 8.39. The molecular formula is C27H27N3O5. The molecule has 35 heavy (non-hydrogen) atoms. The van der Waals surface area contributed by atoms with Gasteiger partial charge in [0.15, 0.2) is 12.7 Å². The van der Waals surface area contributed by atoms with Crippen molar-refractivity contribution in [1.82, 2.24) is 0 Å². The molecular weight excluding hydrogens is 446 g/mol. The van der Waals surface area contributed by atoms with Gasteiger partial charge in [0.25, 0.3) is 11.8 Å². The zero-order chi connectivity index (χ0) is 24.9. The summed E-state index contributed by atoms with van der Waals surface area (Å²) in [6.45, 7) is 5.14. The minimum Gasteiger partial charge on any atom is -0.483 e. The largest absolute Gasteiger partial charge is 0.483 e. The van der Waals surface area contributed by atoms with Crippen LogP contribution in [0.2, 0.25) is 0 Å². The average molecular weight is 474 g/mol. The molecule has 0 spiro atoms. The van der Waals surface area contributed by atoms with E-state index in [1.54, 1.807) is 37.3 Å². The Balaban J connectivity index is 1.46. The fourth-order valence-electron chi connectivity index (χ4n) is 3.72. The van der Waals surface area contributed by atoms with Crippen molar-refractivity contribution < 1.29 is 23.9 Å². The molecule has 1 atom stereocenters.